The van der Waals surface area contributed by atoms with E-state index in [0.29, 0.717) is 5.02 Å². The van der Waals surface area contributed by atoms with E-state index < -0.39 is 5.97 Å². The normalized spacial score (nSPS) is 10.3. The Labute approximate surface area is 203 Å². The van der Waals surface area contributed by atoms with Crippen LogP contribution in [0.3, 0.4) is 0 Å². The molecule has 0 bridgehead atoms. The first-order valence-electron chi connectivity index (χ1n) is 10.3. The van der Waals surface area contributed by atoms with Crippen LogP contribution < -0.4 is 0 Å². The van der Waals surface area contributed by atoms with Gasteiger partial charge in [0.05, 0.1) is 12.2 Å². The minimum Gasteiger partial charge on any atom is -0.478 e. The molecule has 2 N–H and O–H groups in total. The highest BCUT2D eigenvalue weighted by Gasteiger charge is 2.07. The van der Waals surface area contributed by atoms with E-state index in [1.807, 2.05) is 74.5 Å². The Balaban J connectivity index is 0.000000186. The highest BCUT2D eigenvalue weighted by molar-refractivity contribution is 6.31. The van der Waals surface area contributed by atoms with Gasteiger partial charge in [-0.25, -0.2) is 4.79 Å². The van der Waals surface area contributed by atoms with Gasteiger partial charge in [-0.3, -0.25) is 0 Å². The molecule has 0 heterocycles. The van der Waals surface area contributed by atoms with E-state index in [4.69, 9.17) is 33.4 Å². The van der Waals surface area contributed by atoms with Crippen molar-refractivity contribution in [2.24, 2.45) is 0 Å². The number of aryl methyl sites for hydroxylation is 2. The molecule has 0 saturated heterocycles. The molecule has 0 saturated carbocycles. The number of carbonyl (C=O) groups is 1. The summed E-state index contributed by atoms with van der Waals surface area (Å²) in [7, 11) is 0. The summed E-state index contributed by atoms with van der Waals surface area (Å²) in [5.74, 6) is -0.918. The number of carboxylic acids is 1. The summed E-state index contributed by atoms with van der Waals surface area (Å²) in [6.07, 6.45) is 0. The van der Waals surface area contributed by atoms with Crippen LogP contribution in [0.25, 0.3) is 22.3 Å². The van der Waals surface area contributed by atoms with Gasteiger partial charge < -0.3 is 10.2 Å². The molecule has 3 nitrogen and oxygen atoms in total. The highest BCUT2D eigenvalue weighted by Crippen LogP contribution is 2.27. The maximum Gasteiger partial charge on any atom is 0.335 e. The molecule has 0 aliphatic carbocycles. The molecule has 168 valence electrons. The molecule has 0 aliphatic rings. The van der Waals surface area contributed by atoms with Crippen LogP contribution in [0.5, 0.6) is 0 Å². The van der Waals surface area contributed by atoms with Crippen molar-refractivity contribution in [2.75, 3.05) is 0 Å². The predicted molar refractivity (Wildman–Crippen MR) is 136 cm³/mol. The number of hydrogen-bond donors (Lipinski definition) is 2. The third-order valence-corrected chi connectivity index (χ3v) is 5.69. The van der Waals surface area contributed by atoms with Crippen molar-refractivity contribution in [1.29, 1.82) is 0 Å². The zero-order valence-electron chi connectivity index (χ0n) is 18.3. The van der Waals surface area contributed by atoms with Crippen LogP contribution in [0.2, 0.25) is 10.0 Å². The van der Waals surface area contributed by atoms with E-state index in [-0.39, 0.29) is 12.2 Å². The van der Waals surface area contributed by atoms with Gasteiger partial charge in [-0.15, -0.1) is 0 Å². The standard InChI is InChI=1S/C14H11ClO2.C14H13ClO/c1-9-7-12(15)5-6-13(9)10-3-2-4-11(8-10)14(16)17;1-10-7-13(15)5-6-14(10)12-4-2-3-11(8-12)9-16/h2-8H,1H3,(H,16,17);2-8,16H,9H2,1H3. The summed E-state index contributed by atoms with van der Waals surface area (Å²) in [6.45, 7) is 4.06. The molecule has 0 aromatic heterocycles. The van der Waals surface area contributed by atoms with Crippen molar-refractivity contribution < 1.29 is 15.0 Å². The van der Waals surface area contributed by atoms with Crippen LogP contribution in [0.1, 0.15) is 27.0 Å². The third-order valence-electron chi connectivity index (χ3n) is 5.22. The van der Waals surface area contributed by atoms with E-state index in [1.54, 1.807) is 24.3 Å². The van der Waals surface area contributed by atoms with Crippen LogP contribution in [0.4, 0.5) is 0 Å². The van der Waals surface area contributed by atoms with Crippen LogP contribution >= 0.6 is 23.2 Å². The Hall–Kier alpha value is -3.11. The van der Waals surface area contributed by atoms with E-state index in [2.05, 4.69) is 0 Å². The largest absolute Gasteiger partial charge is 0.478 e. The molecule has 0 unspecified atom stereocenters. The van der Waals surface area contributed by atoms with Gasteiger partial charge in [-0.05, 0) is 95.3 Å². The Morgan fingerprint density at radius 3 is 1.73 bits per heavy atom. The van der Waals surface area contributed by atoms with E-state index >= 15 is 0 Å². The summed E-state index contributed by atoms with van der Waals surface area (Å²) in [5, 5.41) is 19.5. The minimum absolute atomic E-state index is 0.0699. The molecule has 0 spiro atoms. The third kappa shape index (κ3) is 6.45. The van der Waals surface area contributed by atoms with E-state index in [1.165, 1.54) is 0 Å². The van der Waals surface area contributed by atoms with Gasteiger partial charge in [0.1, 0.15) is 0 Å². The van der Waals surface area contributed by atoms with E-state index in [9.17, 15) is 4.79 Å². The van der Waals surface area contributed by atoms with Crippen molar-refractivity contribution >= 4 is 29.2 Å². The smallest absolute Gasteiger partial charge is 0.335 e. The summed E-state index contributed by atoms with van der Waals surface area (Å²) in [4.78, 5) is 10.9. The Morgan fingerprint density at radius 2 is 1.24 bits per heavy atom. The first kappa shape index (κ1) is 24.5. The molecule has 4 aromatic rings. The fourth-order valence-corrected chi connectivity index (χ4v) is 4.01. The number of carboxylic acid groups (broad SMARTS) is 1. The zero-order valence-corrected chi connectivity index (χ0v) is 19.9. The van der Waals surface area contributed by atoms with Crippen molar-refractivity contribution in [3.8, 4) is 22.3 Å². The van der Waals surface area contributed by atoms with Gasteiger partial charge in [0.2, 0.25) is 0 Å². The Morgan fingerprint density at radius 1 is 0.727 bits per heavy atom. The van der Waals surface area contributed by atoms with Crippen molar-refractivity contribution in [1.82, 2.24) is 0 Å². The summed E-state index contributed by atoms with van der Waals surface area (Å²) >= 11 is 11.8. The quantitative estimate of drug-likeness (QED) is 0.314. The second kappa shape index (κ2) is 11.2. The fourth-order valence-electron chi connectivity index (χ4n) is 3.56. The molecule has 4 rings (SSSR count). The lowest BCUT2D eigenvalue weighted by Crippen LogP contribution is -1.96. The molecule has 33 heavy (non-hydrogen) atoms. The number of hydrogen-bond acceptors (Lipinski definition) is 2. The first-order valence-corrected chi connectivity index (χ1v) is 11.1. The second-order valence-electron chi connectivity index (χ2n) is 7.66. The average molecular weight is 479 g/mol. The predicted octanol–water partition coefficient (Wildman–Crippen LogP) is 7.82. The number of benzene rings is 4. The van der Waals surface area contributed by atoms with Crippen LogP contribution in [0, 0.1) is 13.8 Å². The van der Waals surface area contributed by atoms with Crippen LogP contribution in [-0.4, -0.2) is 16.2 Å². The van der Waals surface area contributed by atoms with Gasteiger partial charge in [0.15, 0.2) is 0 Å². The van der Waals surface area contributed by atoms with Gasteiger partial charge in [-0.2, -0.15) is 0 Å². The molecule has 0 atom stereocenters. The fraction of sp³-hybridized carbons (Fsp3) is 0.107. The Bertz CT molecular complexity index is 1280. The zero-order chi connectivity index (χ0) is 24.0. The first-order chi connectivity index (χ1) is 15.8. The molecule has 0 fully saturated rings. The SMILES string of the molecule is Cc1cc(Cl)ccc1-c1cccc(C(=O)O)c1.Cc1cc(Cl)ccc1-c1cccc(CO)c1. The van der Waals surface area contributed by atoms with Crippen molar-refractivity contribution in [2.45, 2.75) is 20.5 Å². The second-order valence-corrected chi connectivity index (χ2v) is 8.54. The molecular formula is C28H24Cl2O3. The summed E-state index contributed by atoms with van der Waals surface area (Å²) in [6, 6.07) is 26.2. The average Bonchev–Trinajstić information content (AvgIpc) is 2.79. The number of halogens is 2. The molecule has 5 heteroatoms. The maximum atomic E-state index is 10.9. The number of aliphatic hydroxyl groups excluding tert-OH is 1. The maximum absolute atomic E-state index is 10.9. The molecule has 0 amide bonds. The number of rotatable bonds is 4. The van der Waals surface area contributed by atoms with Crippen molar-refractivity contribution in [3.05, 3.63) is 117 Å². The molecule has 0 radical (unpaired) electrons. The topological polar surface area (TPSA) is 57.5 Å². The number of aromatic carboxylic acids is 1. The minimum atomic E-state index is -0.918. The lowest BCUT2D eigenvalue weighted by atomic mass is 9.99. The monoisotopic (exact) mass is 478 g/mol. The summed E-state index contributed by atoms with van der Waals surface area (Å²) < 4.78 is 0. The van der Waals surface area contributed by atoms with Crippen LogP contribution in [0.15, 0.2) is 84.9 Å². The Kier molecular flexibility index (Phi) is 8.29. The lowest BCUT2D eigenvalue weighted by Gasteiger charge is -2.07. The molecule has 0 aliphatic heterocycles. The van der Waals surface area contributed by atoms with E-state index in [0.717, 1.165) is 44.0 Å². The molecular weight excluding hydrogens is 455 g/mol. The van der Waals surface area contributed by atoms with Gasteiger partial charge in [0.25, 0.3) is 0 Å². The lowest BCUT2D eigenvalue weighted by molar-refractivity contribution is 0.0697. The van der Waals surface area contributed by atoms with Crippen molar-refractivity contribution in [3.63, 3.8) is 0 Å². The number of aliphatic hydroxyl groups is 1. The van der Waals surface area contributed by atoms with Gasteiger partial charge >= 0.3 is 5.97 Å². The highest BCUT2D eigenvalue weighted by atomic mass is 35.5. The molecule has 4 aromatic carbocycles. The van der Waals surface area contributed by atoms with Gasteiger partial charge in [-0.1, -0.05) is 65.7 Å². The summed E-state index contributed by atoms with van der Waals surface area (Å²) in [5.41, 5.74) is 7.53. The van der Waals surface area contributed by atoms with Crippen LogP contribution in [-0.2, 0) is 6.61 Å². The van der Waals surface area contributed by atoms with Gasteiger partial charge in [0, 0.05) is 10.0 Å².